The van der Waals surface area contributed by atoms with Crippen LogP contribution in [0.4, 0.5) is 0 Å². The molecule has 0 N–H and O–H groups in total. The highest BCUT2D eigenvalue weighted by Gasteiger charge is 2.14. The quantitative estimate of drug-likeness (QED) is 0.824. The van der Waals surface area contributed by atoms with Gasteiger partial charge in [0.05, 0.1) is 12.0 Å². The summed E-state index contributed by atoms with van der Waals surface area (Å²) in [6.07, 6.45) is 1.26. The molecule has 0 saturated heterocycles. The minimum Gasteiger partial charge on any atom is -0.374 e. The first-order chi connectivity index (χ1) is 9.51. The van der Waals surface area contributed by atoms with Crippen LogP contribution in [-0.2, 0) is 11.3 Å². The Balaban J connectivity index is 2.18. The molecule has 0 radical (unpaired) electrons. The molecule has 0 saturated carbocycles. The van der Waals surface area contributed by atoms with Crippen molar-refractivity contribution in [3.8, 4) is 0 Å². The van der Waals surface area contributed by atoms with E-state index in [2.05, 4.69) is 15.1 Å². The van der Waals surface area contributed by atoms with Gasteiger partial charge in [-0.3, -0.25) is 9.36 Å². The lowest BCUT2D eigenvalue weighted by Crippen LogP contribution is -2.21. The van der Waals surface area contributed by atoms with Crippen LogP contribution in [0.5, 0.6) is 0 Å². The van der Waals surface area contributed by atoms with E-state index >= 15 is 0 Å². The predicted molar refractivity (Wildman–Crippen MR) is 71.4 cm³/mol. The zero-order valence-corrected chi connectivity index (χ0v) is 12.0. The molecule has 20 heavy (non-hydrogen) atoms. The molecule has 2 heterocycles. The molecule has 0 fully saturated rings. The second-order valence-corrected chi connectivity index (χ2v) is 4.86. The smallest absolute Gasteiger partial charge is 0.254 e. The Hall–Kier alpha value is -2.02. The molecule has 2 aromatic rings. The highest BCUT2D eigenvalue weighted by molar-refractivity contribution is 5.04. The second kappa shape index (κ2) is 5.96. The topological polar surface area (TPSA) is 83.0 Å². The summed E-state index contributed by atoms with van der Waals surface area (Å²) >= 11 is 0. The Morgan fingerprint density at radius 2 is 2.15 bits per heavy atom. The van der Waals surface area contributed by atoms with E-state index in [1.807, 2.05) is 20.8 Å². The Morgan fingerprint density at radius 3 is 2.75 bits per heavy atom. The lowest BCUT2D eigenvalue weighted by Gasteiger charge is -2.06. The van der Waals surface area contributed by atoms with Crippen molar-refractivity contribution >= 4 is 0 Å². The van der Waals surface area contributed by atoms with Gasteiger partial charge in [-0.05, 0) is 12.8 Å². The van der Waals surface area contributed by atoms with Crippen LogP contribution in [0.1, 0.15) is 50.2 Å². The molecule has 0 aliphatic rings. The molecule has 0 spiro atoms. The van der Waals surface area contributed by atoms with Gasteiger partial charge in [0.1, 0.15) is 12.6 Å². The van der Waals surface area contributed by atoms with Crippen molar-refractivity contribution in [2.24, 2.45) is 0 Å². The number of aromatic nitrogens is 4. The molecule has 0 bridgehead atoms. The lowest BCUT2D eigenvalue weighted by atomic mass is 10.1. The van der Waals surface area contributed by atoms with Crippen LogP contribution in [0.15, 0.2) is 21.7 Å². The molecule has 1 atom stereocenters. The van der Waals surface area contributed by atoms with Crippen LogP contribution in [0.25, 0.3) is 0 Å². The van der Waals surface area contributed by atoms with Crippen molar-refractivity contribution < 1.29 is 9.26 Å². The van der Waals surface area contributed by atoms with Gasteiger partial charge < -0.3 is 9.26 Å². The second-order valence-electron chi connectivity index (χ2n) is 4.86. The number of methoxy groups -OCH3 is 1. The summed E-state index contributed by atoms with van der Waals surface area (Å²) < 4.78 is 11.6. The van der Waals surface area contributed by atoms with E-state index in [9.17, 15) is 4.79 Å². The number of hydrogen-bond acceptors (Lipinski definition) is 6. The van der Waals surface area contributed by atoms with Crippen LogP contribution in [0, 0.1) is 0 Å². The van der Waals surface area contributed by atoms with Gasteiger partial charge in [0.25, 0.3) is 5.56 Å². The normalized spacial score (nSPS) is 12.8. The third kappa shape index (κ3) is 3.11. The minimum absolute atomic E-state index is 0.136. The van der Waals surface area contributed by atoms with E-state index in [1.165, 1.54) is 17.0 Å². The molecule has 0 amide bonds. The molecule has 1 unspecified atom stereocenters. The van der Waals surface area contributed by atoms with Crippen LogP contribution < -0.4 is 5.56 Å². The fourth-order valence-corrected chi connectivity index (χ4v) is 1.62. The van der Waals surface area contributed by atoms with Crippen molar-refractivity contribution in [3.05, 3.63) is 40.2 Å². The summed E-state index contributed by atoms with van der Waals surface area (Å²) in [4.78, 5) is 20.4. The molecule has 7 nitrogen and oxygen atoms in total. The molecule has 2 rings (SSSR count). The van der Waals surface area contributed by atoms with Crippen LogP contribution in [-0.4, -0.2) is 26.8 Å². The van der Waals surface area contributed by atoms with Crippen LogP contribution >= 0.6 is 0 Å². The van der Waals surface area contributed by atoms with Gasteiger partial charge in [-0.1, -0.05) is 19.0 Å². The Labute approximate surface area is 116 Å². The molecular weight excluding hydrogens is 260 g/mol. The van der Waals surface area contributed by atoms with Gasteiger partial charge in [-0.25, -0.2) is 4.98 Å². The first kappa shape index (κ1) is 14.4. The first-order valence-corrected chi connectivity index (χ1v) is 6.43. The fraction of sp³-hybridized carbons (Fsp3) is 0.538. The molecule has 108 valence electrons. The van der Waals surface area contributed by atoms with Crippen LogP contribution in [0.3, 0.4) is 0 Å². The van der Waals surface area contributed by atoms with Gasteiger partial charge in [0.15, 0.2) is 5.82 Å². The third-order valence-electron chi connectivity index (χ3n) is 3.00. The molecule has 0 aliphatic carbocycles. The zero-order valence-electron chi connectivity index (χ0n) is 12.0. The summed E-state index contributed by atoms with van der Waals surface area (Å²) in [6, 6.07) is 1.53. The summed E-state index contributed by atoms with van der Waals surface area (Å²) in [5.41, 5.74) is 0.633. The van der Waals surface area contributed by atoms with Crippen LogP contribution in [0.2, 0.25) is 0 Å². The highest BCUT2D eigenvalue weighted by Crippen LogP contribution is 2.12. The average molecular weight is 278 g/mol. The van der Waals surface area contributed by atoms with Gasteiger partial charge in [0, 0.05) is 13.2 Å². The minimum atomic E-state index is -0.245. The number of nitrogens with zero attached hydrogens (tertiary/aromatic N) is 4. The summed E-state index contributed by atoms with van der Waals surface area (Å²) in [7, 11) is 1.57. The monoisotopic (exact) mass is 278 g/mol. The number of rotatable bonds is 5. The SMILES string of the molecule is COC(C)c1noc(Cn2cnc(C(C)C)cc2=O)n1. The van der Waals surface area contributed by atoms with Gasteiger partial charge in [0.2, 0.25) is 5.89 Å². The van der Waals surface area contributed by atoms with E-state index < -0.39 is 0 Å². The van der Waals surface area contributed by atoms with E-state index in [1.54, 1.807) is 7.11 Å². The number of ether oxygens (including phenoxy) is 1. The van der Waals surface area contributed by atoms with Crippen molar-refractivity contribution in [1.29, 1.82) is 0 Å². The van der Waals surface area contributed by atoms with Gasteiger partial charge in [-0.2, -0.15) is 4.98 Å². The Kier molecular flexibility index (Phi) is 4.29. The van der Waals surface area contributed by atoms with Crippen molar-refractivity contribution in [1.82, 2.24) is 19.7 Å². The summed E-state index contributed by atoms with van der Waals surface area (Å²) in [6.45, 7) is 6.00. The third-order valence-corrected chi connectivity index (χ3v) is 3.00. The van der Waals surface area contributed by atoms with Gasteiger partial charge in [-0.15, -0.1) is 0 Å². The average Bonchev–Trinajstić information content (AvgIpc) is 2.88. The summed E-state index contributed by atoms with van der Waals surface area (Å²) in [5.74, 6) is 1.03. The molecular formula is C13H18N4O3. The molecule has 2 aromatic heterocycles. The van der Waals surface area contributed by atoms with E-state index in [0.29, 0.717) is 11.7 Å². The van der Waals surface area contributed by atoms with E-state index in [-0.39, 0.29) is 24.1 Å². The first-order valence-electron chi connectivity index (χ1n) is 6.43. The molecule has 0 aromatic carbocycles. The maximum atomic E-state index is 12.0. The standard InChI is InChI=1S/C13H18N4O3/c1-8(2)10-5-12(18)17(7-14-10)6-11-15-13(16-20-11)9(3)19-4/h5,7-9H,6H2,1-4H3. The molecule has 0 aliphatic heterocycles. The summed E-state index contributed by atoms with van der Waals surface area (Å²) in [5, 5.41) is 3.81. The van der Waals surface area contributed by atoms with E-state index in [4.69, 9.17) is 9.26 Å². The highest BCUT2D eigenvalue weighted by atomic mass is 16.5. The van der Waals surface area contributed by atoms with Crippen molar-refractivity contribution in [2.75, 3.05) is 7.11 Å². The van der Waals surface area contributed by atoms with Gasteiger partial charge >= 0.3 is 0 Å². The largest absolute Gasteiger partial charge is 0.374 e. The van der Waals surface area contributed by atoms with Crippen molar-refractivity contribution in [2.45, 2.75) is 39.3 Å². The lowest BCUT2D eigenvalue weighted by molar-refractivity contribution is 0.109. The number of hydrogen-bond donors (Lipinski definition) is 0. The zero-order chi connectivity index (χ0) is 14.7. The van der Waals surface area contributed by atoms with E-state index in [0.717, 1.165) is 5.69 Å². The van der Waals surface area contributed by atoms with Crippen molar-refractivity contribution in [3.63, 3.8) is 0 Å². The molecule has 7 heteroatoms. The maximum absolute atomic E-state index is 12.0. The fourth-order valence-electron chi connectivity index (χ4n) is 1.62. The predicted octanol–water partition coefficient (Wildman–Crippen LogP) is 1.51. The Bertz CT molecular complexity index is 633. The maximum Gasteiger partial charge on any atom is 0.254 e. The Morgan fingerprint density at radius 1 is 1.40 bits per heavy atom.